The van der Waals surface area contributed by atoms with E-state index in [1.807, 2.05) is 24.3 Å². The van der Waals surface area contributed by atoms with Gasteiger partial charge in [-0.3, -0.25) is 0 Å². The maximum atomic E-state index is 13.1. The van der Waals surface area contributed by atoms with Crippen molar-refractivity contribution < 1.29 is 18.4 Å². The molecule has 0 N–H and O–H groups in total. The largest absolute Gasteiger partial charge is 0.497 e. The van der Waals surface area contributed by atoms with E-state index in [9.17, 15) is 4.39 Å². The molecule has 0 saturated heterocycles. The Balaban J connectivity index is 1.38. The SMILES string of the molecule is COc1ccc([C@H]2Cn3nnc(-c4nc(-c5ccc(F)cc5)no4)c3CO2)cc1. The fraction of sp³-hybridized carbons (Fsp3) is 0.200. The third-order valence-corrected chi connectivity index (χ3v) is 4.82. The van der Waals surface area contributed by atoms with Crippen LogP contribution in [0.5, 0.6) is 5.75 Å². The second-order valence-corrected chi connectivity index (χ2v) is 6.57. The predicted molar refractivity (Wildman–Crippen MR) is 99.2 cm³/mol. The van der Waals surface area contributed by atoms with E-state index in [1.54, 1.807) is 23.9 Å². The Morgan fingerprint density at radius 3 is 2.66 bits per heavy atom. The molecule has 0 aliphatic carbocycles. The first-order valence-corrected chi connectivity index (χ1v) is 8.99. The molecule has 0 unspecified atom stereocenters. The molecule has 0 fully saturated rings. The summed E-state index contributed by atoms with van der Waals surface area (Å²) in [6, 6.07) is 13.6. The average molecular weight is 393 g/mol. The van der Waals surface area contributed by atoms with Gasteiger partial charge in [-0.25, -0.2) is 9.07 Å². The Hall–Kier alpha value is -3.59. The molecule has 0 saturated carbocycles. The minimum atomic E-state index is -0.326. The highest BCUT2D eigenvalue weighted by Gasteiger charge is 2.28. The van der Waals surface area contributed by atoms with Gasteiger partial charge in [0.2, 0.25) is 5.82 Å². The van der Waals surface area contributed by atoms with Crippen molar-refractivity contribution in [1.29, 1.82) is 0 Å². The molecule has 5 rings (SSSR count). The van der Waals surface area contributed by atoms with Gasteiger partial charge in [0.1, 0.15) is 17.7 Å². The van der Waals surface area contributed by atoms with Crippen LogP contribution in [0.3, 0.4) is 0 Å². The molecule has 4 aromatic rings. The molecule has 8 nitrogen and oxygen atoms in total. The van der Waals surface area contributed by atoms with E-state index in [0.717, 1.165) is 17.0 Å². The molecule has 0 radical (unpaired) electrons. The van der Waals surface area contributed by atoms with Gasteiger partial charge in [-0.05, 0) is 42.0 Å². The Kier molecular flexibility index (Phi) is 4.28. The Morgan fingerprint density at radius 1 is 1.10 bits per heavy atom. The van der Waals surface area contributed by atoms with E-state index in [1.165, 1.54) is 12.1 Å². The Labute approximate surface area is 164 Å². The van der Waals surface area contributed by atoms with Crippen LogP contribution in [0.2, 0.25) is 0 Å². The van der Waals surface area contributed by atoms with E-state index < -0.39 is 0 Å². The zero-order valence-corrected chi connectivity index (χ0v) is 15.4. The lowest BCUT2D eigenvalue weighted by molar-refractivity contribution is -0.00119. The molecule has 0 amide bonds. The smallest absolute Gasteiger partial charge is 0.280 e. The van der Waals surface area contributed by atoms with Crippen LogP contribution in [0.25, 0.3) is 23.0 Å². The molecule has 0 bridgehead atoms. The van der Waals surface area contributed by atoms with E-state index in [4.69, 9.17) is 14.0 Å². The lowest BCUT2D eigenvalue weighted by atomic mass is 10.1. The van der Waals surface area contributed by atoms with Gasteiger partial charge in [0.15, 0.2) is 5.69 Å². The highest BCUT2D eigenvalue weighted by Crippen LogP contribution is 2.31. The molecule has 1 aliphatic heterocycles. The summed E-state index contributed by atoms with van der Waals surface area (Å²) in [6.45, 7) is 0.834. The summed E-state index contributed by atoms with van der Waals surface area (Å²) in [5.74, 6) is 1.07. The molecule has 3 heterocycles. The van der Waals surface area contributed by atoms with Crippen molar-refractivity contribution in [1.82, 2.24) is 25.1 Å². The van der Waals surface area contributed by atoms with Crippen molar-refractivity contribution in [2.75, 3.05) is 7.11 Å². The fourth-order valence-electron chi connectivity index (χ4n) is 3.23. The highest BCUT2D eigenvalue weighted by molar-refractivity contribution is 5.58. The number of hydrogen-bond donors (Lipinski definition) is 0. The van der Waals surface area contributed by atoms with Crippen LogP contribution >= 0.6 is 0 Å². The van der Waals surface area contributed by atoms with Crippen LogP contribution in [0.1, 0.15) is 17.4 Å². The second kappa shape index (κ2) is 7.10. The standard InChI is InChI=1S/C20H16FN5O3/c1-27-15-8-4-12(5-9-15)17-10-26-16(11-28-17)18(23-25-26)20-22-19(24-29-20)13-2-6-14(21)7-3-13/h2-9,17H,10-11H2,1H3/t17-/m1/s1. The van der Waals surface area contributed by atoms with E-state index in [2.05, 4.69) is 20.5 Å². The third kappa shape index (κ3) is 3.25. The number of rotatable bonds is 4. The van der Waals surface area contributed by atoms with Crippen LogP contribution in [-0.4, -0.2) is 32.2 Å². The third-order valence-electron chi connectivity index (χ3n) is 4.82. The Bertz CT molecular complexity index is 1140. The number of ether oxygens (including phenoxy) is 2. The number of fused-ring (bicyclic) bond motifs is 1. The Morgan fingerprint density at radius 2 is 1.90 bits per heavy atom. The van der Waals surface area contributed by atoms with Gasteiger partial charge in [0, 0.05) is 5.56 Å². The topological polar surface area (TPSA) is 88.1 Å². The molecule has 9 heteroatoms. The molecule has 1 aliphatic rings. The summed E-state index contributed by atoms with van der Waals surface area (Å²) >= 11 is 0. The van der Waals surface area contributed by atoms with Crippen molar-refractivity contribution in [3.05, 3.63) is 65.6 Å². The van der Waals surface area contributed by atoms with Gasteiger partial charge >= 0.3 is 0 Å². The van der Waals surface area contributed by atoms with Crippen molar-refractivity contribution >= 4 is 0 Å². The molecule has 0 spiro atoms. The highest BCUT2D eigenvalue weighted by atomic mass is 19.1. The summed E-state index contributed by atoms with van der Waals surface area (Å²) < 4.78 is 31.5. The van der Waals surface area contributed by atoms with E-state index in [-0.39, 0.29) is 17.8 Å². The maximum absolute atomic E-state index is 13.1. The molecular formula is C20H16FN5O3. The zero-order valence-electron chi connectivity index (χ0n) is 15.4. The molecule has 2 aromatic heterocycles. The van der Waals surface area contributed by atoms with Gasteiger partial charge in [-0.15, -0.1) is 5.10 Å². The first-order valence-electron chi connectivity index (χ1n) is 8.99. The number of aromatic nitrogens is 5. The number of benzene rings is 2. The summed E-state index contributed by atoms with van der Waals surface area (Å²) in [7, 11) is 1.63. The average Bonchev–Trinajstić information content (AvgIpc) is 3.41. The van der Waals surface area contributed by atoms with Crippen LogP contribution in [0.4, 0.5) is 4.39 Å². The molecule has 1 atom stereocenters. The van der Waals surface area contributed by atoms with Crippen LogP contribution in [-0.2, 0) is 17.9 Å². The summed E-state index contributed by atoms with van der Waals surface area (Å²) in [5.41, 5.74) is 2.94. The quantitative estimate of drug-likeness (QED) is 0.525. The first-order chi connectivity index (χ1) is 14.2. The van der Waals surface area contributed by atoms with Crippen LogP contribution < -0.4 is 4.74 Å². The van der Waals surface area contributed by atoms with Crippen molar-refractivity contribution in [2.24, 2.45) is 0 Å². The summed E-state index contributed by atoms with van der Waals surface area (Å²) in [5, 5.41) is 12.4. The lowest BCUT2D eigenvalue weighted by Gasteiger charge is -2.24. The van der Waals surface area contributed by atoms with Crippen molar-refractivity contribution in [3.63, 3.8) is 0 Å². The fourth-order valence-corrected chi connectivity index (χ4v) is 3.23. The summed E-state index contributed by atoms with van der Waals surface area (Å²) in [4.78, 5) is 4.37. The molecule has 29 heavy (non-hydrogen) atoms. The van der Waals surface area contributed by atoms with Gasteiger partial charge in [-0.1, -0.05) is 22.5 Å². The first kappa shape index (κ1) is 17.5. The van der Waals surface area contributed by atoms with Gasteiger partial charge in [0.05, 0.1) is 26.0 Å². The number of hydrogen-bond acceptors (Lipinski definition) is 7. The van der Waals surface area contributed by atoms with Crippen molar-refractivity contribution in [3.8, 4) is 28.7 Å². The normalized spacial score (nSPS) is 15.9. The van der Waals surface area contributed by atoms with Gasteiger partial charge < -0.3 is 14.0 Å². The number of halogens is 1. The van der Waals surface area contributed by atoms with E-state index >= 15 is 0 Å². The van der Waals surface area contributed by atoms with Crippen LogP contribution in [0.15, 0.2) is 53.1 Å². The lowest BCUT2D eigenvalue weighted by Crippen LogP contribution is -2.22. The predicted octanol–water partition coefficient (Wildman–Crippen LogP) is 3.41. The molecule has 2 aromatic carbocycles. The molecule has 146 valence electrons. The van der Waals surface area contributed by atoms with Crippen molar-refractivity contribution in [2.45, 2.75) is 19.3 Å². The summed E-state index contributed by atoms with van der Waals surface area (Å²) in [6.07, 6.45) is -0.139. The number of nitrogens with zero attached hydrogens (tertiary/aromatic N) is 5. The minimum Gasteiger partial charge on any atom is -0.497 e. The van der Waals surface area contributed by atoms with Crippen LogP contribution in [0, 0.1) is 5.82 Å². The number of methoxy groups -OCH3 is 1. The zero-order chi connectivity index (χ0) is 19.8. The maximum Gasteiger partial charge on any atom is 0.280 e. The minimum absolute atomic E-state index is 0.139. The van der Waals surface area contributed by atoms with Gasteiger partial charge in [0.25, 0.3) is 5.89 Å². The van der Waals surface area contributed by atoms with Gasteiger partial charge in [-0.2, -0.15) is 4.98 Å². The monoisotopic (exact) mass is 393 g/mol. The second-order valence-electron chi connectivity index (χ2n) is 6.57. The molecular weight excluding hydrogens is 377 g/mol. The van der Waals surface area contributed by atoms with E-state index in [0.29, 0.717) is 30.2 Å².